The second kappa shape index (κ2) is 6.55. The molecule has 2 amide bonds. The molecule has 4 N–H and O–H groups in total. The number of anilines is 1. The molecule has 0 aliphatic rings. The van der Waals surface area contributed by atoms with Crippen LogP contribution in [0.25, 0.3) is 0 Å². The van der Waals surface area contributed by atoms with Crippen LogP contribution in [0.4, 0.5) is 10.5 Å². The molecule has 0 radical (unpaired) electrons. The third kappa shape index (κ3) is 4.17. The van der Waals surface area contributed by atoms with Crippen molar-refractivity contribution in [2.45, 2.75) is 6.54 Å². The molecule has 1 aromatic heterocycles. The molecular formula is C12H10BrN3O4S. The number of hydrogen-bond donors (Lipinski definition) is 4. The van der Waals surface area contributed by atoms with Crippen LogP contribution in [-0.4, -0.2) is 22.1 Å². The summed E-state index contributed by atoms with van der Waals surface area (Å²) in [5, 5.41) is 15.6. The number of aromatic nitrogens is 1. The highest BCUT2D eigenvalue weighted by Crippen LogP contribution is 2.23. The summed E-state index contributed by atoms with van der Waals surface area (Å²) in [6.45, 7) is 0.167. The monoisotopic (exact) mass is 371 g/mol. The number of aromatic carboxylic acids is 1. The number of urea groups is 1. The molecule has 1 aromatic carbocycles. The average molecular weight is 372 g/mol. The van der Waals surface area contributed by atoms with Crippen molar-refractivity contribution in [1.29, 1.82) is 0 Å². The molecule has 2 aromatic rings. The number of carboxylic acids is 1. The lowest BCUT2D eigenvalue weighted by Crippen LogP contribution is -2.28. The SMILES string of the molecule is O=C(NCc1csc(=O)[nH]1)Nc1cc(C(=O)O)ccc1Br. The van der Waals surface area contributed by atoms with Gasteiger partial charge in [-0.15, -0.1) is 0 Å². The van der Waals surface area contributed by atoms with Gasteiger partial charge >= 0.3 is 16.9 Å². The summed E-state index contributed by atoms with van der Waals surface area (Å²) in [5.41, 5.74) is 1.00. The second-order valence-electron chi connectivity index (χ2n) is 3.98. The van der Waals surface area contributed by atoms with Crippen LogP contribution in [0.1, 0.15) is 16.1 Å². The fraction of sp³-hybridized carbons (Fsp3) is 0.0833. The number of benzene rings is 1. The first-order valence-corrected chi connectivity index (χ1v) is 7.37. The minimum Gasteiger partial charge on any atom is -0.478 e. The highest BCUT2D eigenvalue weighted by molar-refractivity contribution is 9.10. The number of rotatable bonds is 4. The molecule has 0 aliphatic carbocycles. The zero-order chi connectivity index (χ0) is 15.4. The number of nitrogens with one attached hydrogen (secondary N) is 3. The van der Waals surface area contributed by atoms with E-state index in [0.717, 1.165) is 11.3 Å². The Hall–Kier alpha value is -2.13. The third-order valence-corrected chi connectivity index (χ3v) is 3.88. The van der Waals surface area contributed by atoms with Crippen LogP contribution in [0, 0.1) is 0 Å². The number of amides is 2. The molecular weight excluding hydrogens is 362 g/mol. The smallest absolute Gasteiger partial charge is 0.335 e. The van der Waals surface area contributed by atoms with Gasteiger partial charge in [0.1, 0.15) is 0 Å². The summed E-state index contributed by atoms with van der Waals surface area (Å²) >= 11 is 4.24. The number of aromatic amines is 1. The first-order valence-electron chi connectivity index (χ1n) is 5.70. The van der Waals surface area contributed by atoms with Crippen molar-refractivity contribution in [3.05, 3.63) is 49.0 Å². The van der Waals surface area contributed by atoms with Crippen LogP contribution in [-0.2, 0) is 6.54 Å². The predicted molar refractivity (Wildman–Crippen MR) is 81.9 cm³/mol. The zero-order valence-corrected chi connectivity index (χ0v) is 12.9. The minimum absolute atomic E-state index is 0.0654. The summed E-state index contributed by atoms with van der Waals surface area (Å²) in [6.07, 6.45) is 0. The topological polar surface area (TPSA) is 111 Å². The molecule has 0 atom stereocenters. The molecule has 0 aliphatic heterocycles. The number of halogens is 1. The van der Waals surface area contributed by atoms with E-state index in [2.05, 4.69) is 31.5 Å². The normalized spacial score (nSPS) is 10.1. The van der Waals surface area contributed by atoms with Gasteiger partial charge in [-0.1, -0.05) is 11.3 Å². The van der Waals surface area contributed by atoms with Crippen LogP contribution in [0.3, 0.4) is 0 Å². The van der Waals surface area contributed by atoms with E-state index in [1.807, 2.05) is 0 Å². The average Bonchev–Trinajstić information content (AvgIpc) is 2.84. The number of hydrogen-bond acceptors (Lipinski definition) is 4. The van der Waals surface area contributed by atoms with E-state index in [0.29, 0.717) is 15.9 Å². The van der Waals surface area contributed by atoms with Crippen molar-refractivity contribution in [3.8, 4) is 0 Å². The van der Waals surface area contributed by atoms with E-state index in [-0.39, 0.29) is 17.0 Å². The molecule has 9 heteroatoms. The maximum Gasteiger partial charge on any atom is 0.335 e. The van der Waals surface area contributed by atoms with Gasteiger partial charge in [0.05, 0.1) is 17.8 Å². The van der Waals surface area contributed by atoms with Gasteiger partial charge in [-0.2, -0.15) is 0 Å². The quantitative estimate of drug-likeness (QED) is 0.659. The molecule has 0 unspecified atom stereocenters. The van der Waals surface area contributed by atoms with Gasteiger partial charge in [-0.25, -0.2) is 9.59 Å². The maximum atomic E-state index is 11.7. The maximum absolute atomic E-state index is 11.7. The summed E-state index contributed by atoms with van der Waals surface area (Å²) in [5.74, 6) is -1.08. The second-order valence-corrected chi connectivity index (χ2v) is 5.68. The van der Waals surface area contributed by atoms with Gasteiger partial charge in [0.2, 0.25) is 0 Å². The molecule has 1 heterocycles. The Kier molecular flexibility index (Phi) is 4.76. The molecule has 0 saturated heterocycles. The zero-order valence-electron chi connectivity index (χ0n) is 10.5. The van der Waals surface area contributed by atoms with Gasteiger partial charge in [0.15, 0.2) is 0 Å². The highest BCUT2D eigenvalue weighted by atomic mass is 79.9. The van der Waals surface area contributed by atoms with Crippen molar-refractivity contribution in [2.75, 3.05) is 5.32 Å². The Morgan fingerprint density at radius 2 is 2.14 bits per heavy atom. The first-order chi connectivity index (χ1) is 9.95. The van der Waals surface area contributed by atoms with E-state index in [1.54, 1.807) is 5.38 Å². The van der Waals surface area contributed by atoms with Crippen LogP contribution in [0.2, 0.25) is 0 Å². The summed E-state index contributed by atoms with van der Waals surface area (Å²) in [7, 11) is 0. The third-order valence-electron chi connectivity index (χ3n) is 2.47. The molecule has 0 bridgehead atoms. The van der Waals surface area contributed by atoms with Crippen molar-refractivity contribution < 1.29 is 14.7 Å². The van der Waals surface area contributed by atoms with Gasteiger partial charge in [0, 0.05) is 15.5 Å². The molecule has 0 spiro atoms. The van der Waals surface area contributed by atoms with E-state index >= 15 is 0 Å². The number of carbonyl (C=O) groups excluding carboxylic acids is 1. The van der Waals surface area contributed by atoms with Gasteiger partial charge in [-0.05, 0) is 34.1 Å². The first kappa shape index (κ1) is 15.3. The van der Waals surface area contributed by atoms with Crippen LogP contribution in [0.15, 0.2) is 32.8 Å². The summed E-state index contributed by atoms with van der Waals surface area (Å²) < 4.78 is 0.562. The van der Waals surface area contributed by atoms with Gasteiger partial charge in [0.25, 0.3) is 0 Å². The summed E-state index contributed by atoms with van der Waals surface area (Å²) in [6, 6.07) is 3.80. The molecule has 21 heavy (non-hydrogen) atoms. The Morgan fingerprint density at radius 3 is 2.76 bits per heavy atom. The lowest BCUT2D eigenvalue weighted by Gasteiger charge is -2.09. The lowest BCUT2D eigenvalue weighted by atomic mass is 10.2. The van der Waals surface area contributed by atoms with Gasteiger partial charge in [-0.3, -0.25) is 4.79 Å². The van der Waals surface area contributed by atoms with Crippen LogP contribution in [0.5, 0.6) is 0 Å². The van der Waals surface area contributed by atoms with E-state index in [9.17, 15) is 14.4 Å². The molecule has 7 nitrogen and oxygen atoms in total. The fourth-order valence-corrected chi connectivity index (χ4v) is 2.42. The predicted octanol–water partition coefficient (Wildman–Crippen LogP) is 2.22. The molecule has 0 saturated carbocycles. The Morgan fingerprint density at radius 1 is 1.38 bits per heavy atom. The molecule has 2 rings (SSSR count). The van der Waals surface area contributed by atoms with Crippen LogP contribution < -0.4 is 15.5 Å². The fourth-order valence-electron chi connectivity index (χ4n) is 1.50. The van der Waals surface area contributed by atoms with Crippen molar-refractivity contribution >= 4 is 45.0 Å². The molecule has 110 valence electrons. The van der Waals surface area contributed by atoms with Gasteiger partial charge < -0.3 is 20.7 Å². The highest BCUT2D eigenvalue weighted by Gasteiger charge is 2.10. The number of thiazole rings is 1. The van der Waals surface area contributed by atoms with E-state index < -0.39 is 12.0 Å². The van der Waals surface area contributed by atoms with Crippen LogP contribution >= 0.6 is 27.3 Å². The largest absolute Gasteiger partial charge is 0.478 e. The Bertz CT molecular complexity index is 740. The molecule has 0 fully saturated rings. The van der Waals surface area contributed by atoms with Crippen molar-refractivity contribution in [2.24, 2.45) is 0 Å². The minimum atomic E-state index is -1.08. The number of H-pyrrole nitrogens is 1. The Labute approximate surface area is 131 Å². The van der Waals surface area contributed by atoms with Crippen molar-refractivity contribution in [1.82, 2.24) is 10.3 Å². The lowest BCUT2D eigenvalue weighted by molar-refractivity contribution is 0.0697. The van der Waals surface area contributed by atoms with E-state index in [4.69, 9.17) is 5.11 Å². The standard InChI is InChI=1S/C12H10BrN3O4S/c13-8-2-1-6(10(17)18)3-9(8)16-11(19)14-4-7-5-21-12(20)15-7/h1-3,5H,4H2,(H,15,20)(H,17,18)(H2,14,16,19). The Balaban J connectivity index is 2.00. The van der Waals surface area contributed by atoms with Crippen molar-refractivity contribution in [3.63, 3.8) is 0 Å². The summed E-state index contributed by atoms with van der Waals surface area (Å²) in [4.78, 5) is 36.0. The van der Waals surface area contributed by atoms with E-state index in [1.165, 1.54) is 18.2 Å². The number of carboxylic acid groups (broad SMARTS) is 1. The number of carbonyl (C=O) groups is 2.